The van der Waals surface area contributed by atoms with Crippen molar-refractivity contribution >= 4 is 22.4 Å². The van der Waals surface area contributed by atoms with Gasteiger partial charge in [-0.1, -0.05) is 36.4 Å². The van der Waals surface area contributed by atoms with Gasteiger partial charge in [0.05, 0.1) is 5.56 Å². The van der Waals surface area contributed by atoms with Crippen molar-refractivity contribution in [2.45, 2.75) is 12.6 Å². The number of aromatic nitrogens is 1. The van der Waals surface area contributed by atoms with Crippen molar-refractivity contribution in [3.8, 4) is 0 Å². The number of pyridine rings is 1. The van der Waals surface area contributed by atoms with Crippen LogP contribution in [0.15, 0.2) is 73.1 Å². The van der Waals surface area contributed by atoms with Crippen LogP contribution in [-0.2, 0) is 17.4 Å². The third-order valence-corrected chi connectivity index (χ3v) is 3.87. The van der Waals surface area contributed by atoms with Crippen molar-refractivity contribution < 1.29 is 18.0 Å². The first-order chi connectivity index (χ1) is 12.4. The predicted octanol–water partition coefficient (Wildman–Crippen LogP) is 4.99. The van der Waals surface area contributed by atoms with Crippen LogP contribution < -0.4 is 5.32 Å². The highest BCUT2D eigenvalue weighted by atomic mass is 19.4. The number of carbonyl (C=O) groups is 1. The van der Waals surface area contributed by atoms with Crippen LogP contribution in [0.25, 0.3) is 10.8 Å². The molecule has 3 rings (SSSR count). The van der Waals surface area contributed by atoms with Gasteiger partial charge in [-0.3, -0.25) is 9.78 Å². The lowest BCUT2D eigenvalue weighted by Crippen LogP contribution is -2.10. The number of benzene rings is 2. The van der Waals surface area contributed by atoms with E-state index in [0.29, 0.717) is 5.69 Å². The fourth-order valence-corrected chi connectivity index (χ4v) is 2.67. The number of rotatable bonds is 4. The Balaban J connectivity index is 1.71. The number of nitrogens with zero attached hydrogens (tertiary/aromatic N) is 1. The Labute approximate surface area is 148 Å². The first kappa shape index (κ1) is 17.7. The molecule has 0 unspecified atom stereocenters. The lowest BCUT2D eigenvalue weighted by atomic mass is 10.0. The smallest absolute Gasteiger partial charge is 0.322 e. The molecule has 2 aromatic carbocycles. The van der Waals surface area contributed by atoms with Crippen LogP contribution in [0.3, 0.4) is 0 Å². The van der Waals surface area contributed by atoms with E-state index in [1.807, 2.05) is 6.07 Å². The average molecular weight is 356 g/mol. The molecule has 3 aromatic rings. The molecule has 0 fully saturated rings. The second-order valence-electron chi connectivity index (χ2n) is 5.65. The molecule has 1 heterocycles. The molecule has 132 valence electrons. The molecule has 0 bridgehead atoms. The summed E-state index contributed by atoms with van der Waals surface area (Å²) in [6.07, 6.45) is 1.59. The lowest BCUT2D eigenvalue weighted by Gasteiger charge is -2.11. The zero-order chi connectivity index (χ0) is 18.6. The van der Waals surface area contributed by atoms with E-state index in [2.05, 4.69) is 10.3 Å². The zero-order valence-electron chi connectivity index (χ0n) is 13.6. The minimum absolute atomic E-state index is 0.0164. The van der Waals surface area contributed by atoms with Crippen molar-refractivity contribution in [3.63, 3.8) is 0 Å². The van der Waals surface area contributed by atoms with E-state index in [-0.39, 0.29) is 12.0 Å². The number of halogens is 3. The van der Waals surface area contributed by atoms with E-state index in [9.17, 15) is 18.0 Å². The van der Waals surface area contributed by atoms with Crippen LogP contribution in [0, 0.1) is 0 Å². The van der Waals surface area contributed by atoms with Gasteiger partial charge < -0.3 is 5.32 Å². The molecule has 26 heavy (non-hydrogen) atoms. The number of carbonyl (C=O) groups excluding carboxylic acids is 1. The molecule has 0 radical (unpaired) electrons. The maximum atomic E-state index is 13.0. The normalized spacial score (nSPS) is 11.8. The number of allylic oxidation sites excluding steroid dienone is 1. The number of hydrogen-bond donors (Lipinski definition) is 1. The summed E-state index contributed by atoms with van der Waals surface area (Å²) in [6.45, 7) is 0. The summed E-state index contributed by atoms with van der Waals surface area (Å²) in [6, 6.07) is 12.5. The van der Waals surface area contributed by atoms with E-state index >= 15 is 0 Å². The quantitative estimate of drug-likeness (QED) is 0.669. The first-order valence-corrected chi connectivity index (χ1v) is 7.90. The summed E-state index contributed by atoms with van der Waals surface area (Å²) in [5.41, 5.74) is 0.0575. The van der Waals surface area contributed by atoms with Gasteiger partial charge in [0.25, 0.3) is 0 Å². The summed E-state index contributed by atoms with van der Waals surface area (Å²) in [4.78, 5) is 16.1. The predicted molar refractivity (Wildman–Crippen MR) is 94.7 cm³/mol. The Kier molecular flexibility index (Phi) is 5.02. The molecule has 6 heteroatoms. The van der Waals surface area contributed by atoms with Crippen LogP contribution in [0.4, 0.5) is 18.9 Å². The SMILES string of the molecule is O=C(/C=C\Cc1ccccc1C(F)(F)F)Nc1cccc2cnccc12. The molecule has 0 atom stereocenters. The highest BCUT2D eigenvalue weighted by Crippen LogP contribution is 2.32. The molecule has 1 N–H and O–H groups in total. The molecule has 0 aliphatic heterocycles. The second-order valence-corrected chi connectivity index (χ2v) is 5.65. The minimum Gasteiger partial charge on any atom is -0.322 e. The van der Waals surface area contributed by atoms with Gasteiger partial charge in [0.1, 0.15) is 0 Å². The Morgan fingerprint density at radius 2 is 1.88 bits per heavy atom. The zero-order valence-corrected chi connectivity index (χ0v) is 13.6. The van der Waals surface area contributed by atoms with Crippen molar-refractivity contribution in [2.24, 2.45) is 0 Å². The second kappa shape index (κ2) is 7.39. The number of alkyl halides is 3. The largest absolute Gasteiger partial charge is 0.416 e. The Morgan fingerprint density at radius 1 is 1.08 bits per heavy atom. The number of nitrogens with one attached hydrogen (secondary N) is 1. The fraction of sp³-hybridized carbons (Fsp3) is 0.100. The van der Waals surface area contributed by atoms with E-state index in [0.717, 1.165) is 16.8 Å². The van der Waals surface area contributed by atoms with Crippen LogP contribution >= 0.6 is 0 Å². The van der Waals surface area contributed by atoms with E-state index in [4.69, 9.17) is 0 Å². The van der Waals surface area contributed by atoms with Crippen LogP contribution in [0.1, 0.15) is 11.1 Å². The van der Waals surface area contributed by atoms with Crippen LogP contribution in [-0.4, -0.2) is 10.9 Å². The summed E-state index contributed by atoms with van der Waals surface area (Å²) in [7, 11) is 0. The Bertz CT molecular complexity index is 959. The molecule has 0 saturated heterocycles. The van der Waals surface area contributed by atoms with Gasteiger partial charge >= 0.3 is 6.18 Å². The highest BCUT2D eigenvalue weighted by Gasteiger charge is 2.32. The van der Waals surface area contributed by atoms with Gasteiger partial charge in [-0.15, -0.1) is 0 Å². The Hall–Kier alpha value is -3.15. The molecular weight excluding hydrogens is 341 g/mol. The molecule has 0 spiro atoms. The van der Waals surface area contributed by atoms with Crippen LogP contribution in [0.5, 0.6) is 0 Å². The molecule has 1 amide bonds. The van der Waals surface area contributed by atoms with Crippen LogP contribution in [0.2, 0.25) is 0 Å². The number of anilines is 1. The summed E-state index contributed by atoms with van der Waals surface area (Å²) in [5.74, 6) is -0.404. The monoisotopic (exact) mass is 356 g/mol. The molecule has 3 nitrogen and oxygen atoms in total. The topological polar surface area (TPSA) is 42.0 Å². The number of hydrogen-bond acceptors (Lipinski definition) is 2. The molecular formula is C20H15F3N2O. The van der Waals surface area contributed by atoms with E-state index in [1.165, 1.54) is 24.3 Å². The maximum Gasteiger partial charge on any atom is 0.416 e. The summed E-state index contributed by atoms with van der Waals surface area (Å²) in [5, 5.41) is 4.46. The van der Waals surface area contributed by atoms with Gasteiger partial charge in [0.15, 0.2) is 0 Å². The number of amides is 1. The van der Waals surface area contributed by atoms with Gasteiger partial charge in [-0.2, -0.15) is 13.2 Å². The van der Waals surface area contributed by atoms with Crippen molar-refractivity contribution in [1.29, 1.82) is 0 Å². The van der Waals surface area contributed by atoms with E-state index < -0.39 is 17.6 Å². The summed E-state index contributed by atoms with van der Waals surface area (Å²) >= 11 is 0. The van der Waals surface area contributed by atoms with Gasteiger partial charge in [0.2, 0.25) is 5.91 Å². The highest BCUT2D eigenvalue weighted by molar-refractivity contribution is 6.05. The average Bonchev–Trinajstić information content (AvgIpc) is 2.62. The van der Waals surface area contributed by atoms with Gasteiger partial charge in [-0.05, 0) is 36.3 Å². The van der Waals surface area contributed by atoms with Gasteiger partial charge in [-0.25, -0.2) is 0 Å². The fourth-order valence-electron chi connectivity index (χ4n) is 2.67. The maximum absolute atomic E-state index is 13.0. The summed E-state index contributed by atoms with van der Waals surface area (Å²) < 4.78 is 38.9. The third kappa shape index (κ3) is 4.08. The molecule has 0 aliphatic carbocycles. The van der Waals surface area contributed by atoms with E-state index in [1.54, 1.807) is 36.7 Å². The standard InChI is InChI=1S/C20H15F3N2O/c21-20(22,23)17-8-2-1-5-14(17)6-4-10-19(26)25-18-9-3-7-15-13-24-12-11-16(15)18/h1-5,7-13H,6H2,(H,25,26)/b10-4-. The van der Waals surface area contributed by atoms with Crippen molar-refractivity contribution in [1.82, 2.24) is 4.98 Å². The number of fused-ring (bicyclic) bond motifs is 1. The third-order valence-electron chi connectivity index (χ3n) is 3.87. The lowest BCUT2D eigenvalue weighted by molar-refractivity contribution is -0.138. The Morgan fingerprint density at radius 3 is 2.69 bits per heavy atom. The van der Waals surface area contributed by atoms with Crippen molar-refractivity contribution in [2.75, 3.05) is 5.32 Å². The first-order valence-electron chi connectivity index (χ1n) is 7.90. The van der Waals surface area contributed by atoms with Gasteiger partial charge in [0, 0.05) is 28.9 Å². The molecule has 1 aromatic heterocycles. The molecule has 0 aliphatic rings. The minimum atomic E-state index is -4.41. The molecule has 0 saturated carbocycles. The van der Waals surface area contributed by atoms with Crippen molar-refractivity contribution in [3.05, 3.63) is 84.2 Å².